The lowest BCUT2D eigenvalue weighted by atomic mass is 9.60. The Hall–Kier alpha value is -1.66. The van der Waals surface area contributed by atoms with E-state index in [9.17, 15) is 9.59 Å². The lowest BCUT2D eigenvalue weighted by Gasteiger charge is -2.46. The Morgan fingerprint density at radius 1 is 1.21 bits per heavy atom. The fourth-order valence-corrected chi connectivity index (χ4v) is 6.46. The summed E-state index contributed by atoms with van der Waals surface area (Å²) < 4.78 is 0. The number of hydrogen-bond donors (Lipinski definition) is 0. The van der Waals surface area contributed by atoms with Crippen molar-refractivity contribution in [2.75, 3.05) is 46.3 Å². The van der Waals surface area contributed by atoms with E-state index in [2.05, 4.69) is 18.7 Å². The normalized spacial score (nSPS) is 27.4. The number of piperidine rings is 1. The van der Waals surface area contributed by atoms with Gasteiger partial charge in [-0.15, -0.1) is 11.3 Å². The number of hydrogen-bond acceptors (Lipinski definition) is 4. The van der Waals surface area contributed by atoms with Gasteiger partial charge in [0.2, 0.25) is 11.8 Å². The van der Waals surface area contributed by atoms with E-state index < -0.39 is 0 Å². The number of rotatable bonds is 4. The molecule has 158 valence electrons. The van der Waals surface area contributed by atoms with Crippen molar-refractivity contribution < 1.29 is 9.59 Å². The topological polar surface area (TPSA) is 43.9 Å². The zero-order valence-corrected chi connectivity index (χ0v) is 18.7. The highest BCUT2D eigenvalue weighted by Gasteiger charge is 2.64. The van der Waals surface area contributed by atoms with Gasteiger partial charge in [0.1, 0.15) is 0 Å². The van der Waals surface area contributed by atoms with Crippen molar-refractivity contribution in [3.05, 3.63) is 28.5 Å². The van der Waals surface area contributed by atoms with Crippen molar-refractivity contribution in [2.24, 2.45) is 16.7 Å². The Kier molecular flexibility index (Phi) is 5.60. The quantitative estimate of drug-likeness (QED) is 0.710. The Labute approximate surface area is 178 Å². The monoisotopic (exact) mass is 415 g/mol. The highest BCUT2D eigenvalue weighted by molar-refractivity contribution is 7.10. The number of likely N-dealkylation sites (tertiary alicyclic amines) is 3. The van der Waals surface area contributed by atoms with Crippen LogP contribution >= 0.6 is 11.3 Å². The summed E-state index contributed by atoms with van der Waals surface area (Å²) >= 11 is 1.64. The van der Waals surface area contributed by atoms with Crippen molar-refractivity contribution in [1.82, 2.24) is 14.7 Å². The second kappa shape index (κ2) is 7.88. The highest BCUT2D eigenvalue weighted by Crippen LogP contribution is 2.57. The van der Waals surface area contributed by atoms with E-state index in [0.717, 1.165) is 63.4 Å². The fraction of sp³-hybridized carbons (Fsp3) is 0.652. The summed E-state index contributed by atoms with van der Waals surface area (Å²) in [6, 6.07) is 4.02. The van der Waals surface area contributed by atoms with Crippen molar-refractivity contribution in [3.8, 4) is 0 Å². The molecule has 0 saturated carbocycles. The third-order valence-electron chi connectivity index (χ3n) is 7.25. The van der Waals surface area contributed by atoms with Crippen LogP contribution < -0.4 is 0 Å². The number of carbonyl (C=O) groups excluding carboxylic acids is 2. The maximum atomic E-state index is 13.3. The smallest absolute Gasteiger partial charge is 0.246 e. The number of nitrogens with zero attached hydrogens (tertiary/aromatic N) is 3. The summed E-state index contributed by atoms with van der Waals surface area (Å²) in [7, 11) is 1.95. The first-order valence-electron chi connectivity index (χ1n) is 10.8. The van der Waals surface area contributed by atoms with Crippen LogP contribution in [-0.2, 0) is 9.59 Å². The van der Waals surface area contributed by atoms with Gasteiger partial charge in [0, 0.05) is 62.7 Å². The van der Waals surface area contributed by atoms with Crippen LogP contribution in [0.2, 0.25) is 0 Å². The maximum Gasteiger partial charge on any atom is 0.246 e. The first-order valence-corrected chi connectivity index (χ1v) is 11.7. The predicted octanol–water partition coefficient (Wildman–Crippen LogP) is 3.19. The van der Waals surface area contributed by atoms with E-state index in [4.69, 9.17) is 0 Å². The molecule has 4 heterocycles. The largest absolute Gasteiger partial charge is 0.345 e. The third-order valence-corrected chi connectivity index (χ3v) is 8.09. The van der Waals surface area contributed by atoms with Gasteiger partial charge in [0.25, 0.3) is 0 Å². The Balaban J connectivity index is 1.48. The van der Waals surface area contributed by atoms with E-state index in [0.29, 0.717) is 11.8 Å². The van der Waals surface area contributed by atoms with Gasteiger partial charge in [-0.1, -0.05) is 19.9 Å². The van der Waals surface area contributed by atoms with E-state index in [1.165, 1.54) is 0 Å². The van der Waals surface area contributed by atoms with Gasteiger partial charge in [-0.05, 0) is 42.7 Å². The molecule has 3 aliphatic rings. The molecule has 5 nitrogen and oxygen atoms in total. The highest BCUT2D eigenvalue weighted by atomic mass is 32.1. The SMILES string of the molecule is CC(C)CN1CC2(CCN(C(=O)/C=C/c3cccs3)CC2)C2(CCN(C)C2=O)C1. The van der Waals surface area contributed by atoms with Gasteiger partial charge in [-0.3, -0.25) is 9.59 Å². The van der Waals surface area contributed by atoms with Crippen LogP contribution in [0.3, 0.4) is 0 Å². The molecule has 3 fully saturated rings. The Bertz CT molecular complexity index is 780. The molecule has 1 aromatic heterocycles. The molecule has 2 amide bonds. The first-order chi connectivity index (χ1) is 13.9. The summed E-state index contributed by atoms with van der Waals surface area (Å²) in [5.74, 6) is 1.02. The molecule has 0 aliphatic carbocycles. The van der Waals surface area contributed by atoms with Crippen LogP contribution in [-0.4, -0.2) is 72.8 Å². The predicted molar refractivity (Wildman–Crippen MR) is 118 cm³/mol. The van der Waals surface area contributed by atoms with Crippen LogP contribution in [0.1, 0.15) is 38.0 Å². The molecule has 1 unspecified atom stereocenters. The summed E-state index contributed by atoms with van der Waals surface area (Å²) in [4.78, 5) is 33.5. The van der Waals surface area contributed by atoms with Gasteiger partial charge in [-0.2, -0.15) is 0 Å². The van der Waals surface area contributed by atoms with E-state index in [1.54, 1.807) is 17.4 Å². The molecule has 0 bridgehead atoms. The van der Waals surface area contributed by atoms with Gasteiger partial charge in [0.15, 0.2) is 0 Å². The molecule has 1 atom stereocenters. The van der Waals surface area contributed by atoms with Gasteiger partial charge in [-0.25, -0.2) is 0 Å². The molecule has 2 spiro atoms. The van der Waals surface area contributed by atoms with Crippen molar-refractivity contribution in [3.63, 3.8) is 0 Å². The van der Waals surface area contributed by atoms with E-state index in [-0.39, 0.29) is 16.7 Å². The Morgan fingerprint density at radius 3 is 2.55 bits per heavy atom. The van der Waals surface area contributed by atoms with Crippen LogP contribution in [0.4, 0.5) is 0 Å². The first kappa shape index (κ1) is 20.6. The molecular formula is C23H33N3O2S. The molecular weight excluding hydrogens is 382 g/mol. The van der Waals surface area contributed by atoms with Gasteiger partial charge in [0.05, 0.1) is 5.41 Å². The average molecular weight is 416 g/mol. The van der Waals surface area contributed by atoms with E-state index >= 15 is 0 Å². The Morgan fingerprint density at radius 2 is 1.97 bits per heavy atom. The van der Waals surface area contributed by atoms with Crippen LogP contribution in [0.15, 0.2) is 23.6 Å². The van der Waals surface area contributed by atoms with Crippen molar-refractivity contribution in [1.29, 1.82) is 0 Å². The second-order valence-corrected chi connectivity index (χ2v) is 10.6. The standard InChI is InChI=1S/C23H33N3O2S/c1-18(2)15-25-16-22(23(17-25)10-11-24(3)21(23)28)8-12-26(13-9-22)20(27)7-6-19-5-4-14-29-19/h4-7,14,18H,8-13,15-17H2,1-3H3/b7-6+. The van der Waals surface area contributed by atoms with E-state index in [1.807, 2.05) is 40.4 Å². The van der Waals surface area contributed by atoms with Crippen LogP contribution in [0, 0.1) is 16.7 Å². The molecule has 1 aromatic rings. The minimum absolute atomic E-state index is 0.0119. The molecule has 6 heteroatoms. The van der Waals surface area contributed by atoms with Crippen molar-refractivity contribution in [2.45, 2.75) is 33.1 Å². The maximum absolute atomic E-state index is 13.3. The number of carbonyl (C=O) groups is 2. The lowest BCUT2D eigenvalue weighted by Crippen LogP contribution is -2.53. The lowest BCUT2D eigenvalue weighted by molar-refractivity contribution is -0.142. The van der Waals surface area contributed by atoms with Crippen molar-refractivity contribution >= 4 is 29.2 Å². The van der Waals surface area contributed by atoms with Crippen LogP contribution in [0.25, 0.3) is 6.08 Å². The number of thiophene rings is 1. The molecule has 0 aromatic carbocycles. The molecule has 0 radical (unpaired) electrons. The zero-order valence-electron chi connectivity index (χ0n) is 17.9. The fourth-order valence-electron chi connectivity index (χ4n) is 5.84. The average Bonchev–Trinajstić information content (AvgIpc) is 3.37. The second-order valence-electron chi connectivity index (χ2n) is 9.58. The molecule has 29 heavy (non-hydrogen) atoms. The summed E-state index contributed by atoms with van der Waals surface area (Å²) in [5.41, 5.74) is -0.240. The number of amides is 2. The third kappa shape index (κ3) is 3.66. The molecule has 3 aliphatic heterocycles. The van der Waals surface area contributed by atoms with Crippen LogP contribution in [0.5, 0.6) is 0 Å². The van der Waals surface area contributed by atoms with Gasteiger partial charge >= 0.3 is 0 Å². The molecule has 3 saturated heterocycles. The minimum Gasteiger partial charge on any atom is -0.345 e. The summed E-state index contributed by atoms with van der Waals surface area (Å²) in [6.07, 6.45) is 6.44. The zero-order chi connectivity index (χ0) is 20.6. The minimum atomic E-state index is -0.251. The summed E-state index contributed by atoms with van der Waals surface area (Å²) in [5, 5.41) is 2.02. The summed E-state index contributed by atoms with van der Waals surface area (Å²) in [6.45, 7) is 9.81. The molecule has 4 rings (SSSR count). The van der Waals surface area contributed by atoms with Gasteiger partial charge < -0.3 is 14.7 Å². The number of fused-ring (bicyclic) bond motifs is 1. The molecule has 0 N–H and O–H groups in total.